The van der Waals surface area contributed by atoms with Gasteiger partial charge in [0, 0.05) is 11.5 Å². The quantitative estimate of drug-likeness (QED) is 0.822. The number of carbonyl (C=O) groups is 1. The molecule has 0 saturated carbocycles. The Labute approximate surface area is 129 Å². The Balaban J connectivity index is 2.06. The number of benzene rings is 1. The molecular formula is C17H21NO2S. The molecule has 0 fully saturated rings. The first-order valence-corrected chi connectivity index (χ1v) is 8.10. The molecule has 0 radical (unpaired) electrons. The molecule has 2 N–H and O–H groups in total. The molecule has 1 aromatic heterocycles. The smallest absolute Gasteiger partial charge is 0.228 e. The first-order valence-electron chi connectivity index (χ1n) is 7.22. The molecule has 2 atom stereocenters. The van der Waals surface area contributed by atoms with E-state index in [1.807, 2.05) is 54.8 Å². The molecule has 112 valence electrons. The van der Waals surface area contributed by atoms with Crippen LogP contribution in [0.2, 0.25) is 0 Å². The molecule has 4 heteroatoms. The summed E-state index contributed by atoms with van der Waals surface area (Å²) >= 11 is 1.60. The zero-order valence-electron chi connectivity index (χ0n) is 12.2. The van der Waals surface area contributed by atoms with E-state index in [-0.39, 0.29) is 24.5 Å². The van der Waals surface area contributed by atoms with Gasteiger partial charge in [-0.05, 0) is 36.8 Å². The third kappa shape index (κ3) is 4.41. The summed E-state index contributed by atoms with van der Waals surface area (Å²) in [5.41, 5.74) is 1.08. The Hall–Kier alpha value is -1.65. The van der Waals surface area contributed by atoms with Gasteiger partial charge in [0.05, 0.1) is 12.0 Å². The molecular weight excluding hydrogens is 282 g/mol. The SMILES string of the molecule is CC(C(=O)NC(CCCO)c1ccccc1)c1cccs1. The molecule has 0 spiro atoms. The number of hydrogen-bond acceptors (Lipinski definition) is 3. The van der Waals surface area contributed by atoms with E-state index in [1.54, 1.807) is 11.3 Å². The van der Waals surface area contributed by atoms with E-state index >= 15 is 0 Å². The van der Waals surface area contributed by atoms with Crippen molar-refractivity contribution >= 4 is 17.2 Å². The average Bonchev–Trinajstić information content (AvgIpc) is 3.05. The van der Waals surface area contributed by atoms with Crippen LogP contribution in [0.1, 0.15) is 42.2 Å². The number of carbonyl (C=O) groups excluding carboxylic acids is 1. The summed E-state index contributed by atoms with van der Waals surface area (Å²) in [7, 11) is 0. The van der Waals surface area contributed by atoms with Crippen molar-refractivity contribution in [3.8, 4) is 0 Å². The lowest BCUT2D eigenvalue weighted by Crippen LogP contribution is -2.32. The van der Waals surface area contributed by atoms with Crippen molar-refractivity contribution in [1.29, 1.82) is 0 Å². The maximum Gasteiger partial charge on any atom is 0.228 e. The highest BCUT2D eigenvalue weighted by atomic mass is 32.1. The average molecular weight is 303 g/mol. The number of aliphatic hydroxyl groups excluding tert-OH is 1. The van der Waals surface area contributed by atoms with E-state index in [1.165, 1.54) is 0 Å². The highest BCUT2D eigenvalue weighted by Crippen LogP contribution is 2.24. The number of nitrogens with one attached hydrogen (secondary N) is 1. The van der Waals surface area contributed by atoms with Crippen molar-refractivity contribution in [2.24, 2.45) is 0 Å². The molecule has 1 amide bonds. The lowest BCUT2D eigenvalue weighted by Gasteiger charge is -2.21. The van der Waals surface area contributed by atoms with E-state index in [0.717, 1.165) is 16.9 Å². The number of thiophene rings is 1. The Morgan fingerprint density at radius 3 is 2.62 bits per heavy atom. The Morgan fingerprint density at radius 2 is 2.00 bits per heavy atom. The molecule has 0 aliphatic carbocycles. The Morgan fingerprint density at radius 1 is 1.24 bits per heavy atom. The maximum atomic E-state index is 12.4. The number of amides is 1. The highest BCUT2D eigenvalue weighted by molar-refractivity contribution is 7.10. The topological polar surface area (TPSA) is 49.3 Å². The van der Waals surface area contributed by atoms with E-state index in [9.17, 15) is 4.79 Å². The zero-order chi connectivity index (χ0) is 15.1. The highest BCUT2D eigenvalue weighted by Gasteiger charge is 2.20. The van der Waals surface area contributed by atoms with Crippen LogP contribution in [0.4, 0.5) is 0 Å². The minimum absolute atomic E-state index is 0.0317. The second-order valence-electron chi connectivity index (χ2n) is 5.07. The van der Waals surface area contributed by atoms with Crippen LogP contribution < -0.4 is 5.32 Å². The van der Waals surface area contributed by atoms with Crippen molar-refractivity contribution in [3.05, 3.63) is 58.3 Å². The summed E-state index contributed by atoms with van der Waals surface area (Å²) in [6.45, 7) is 2.06. The Kier molecular flexibility index (Phi) is 5.96. The van der Waals surface area contributed by atoms with Crippen molar-refractivity contribution < 1.29 is 9.90 Å². The monoisotopic (exact) mass is 303 g/mol. The molecule has 3 nitrogen and oxygen atoms in total. The second-order valence-corrected chi connectivity index (χ2v) is 6.05. The summed E-state index contributed by atoms with van der Waals surface area (Å²) in [5, 5.41) is 14.1. The van der Waals surface area contributed by atoms with Crippen LogP contribution in [-0.2, 0) is 4.79 Å². The van der Waals surface area contributed by atoms with Gasteiger partial charge in [-0.2, -0.15) is 0 Å². The van der Waals surface area contributed by atoms with E-state index < -0.39 is 0 Å². The van der Waals surface area contributed by atoms with Crippen molar-refractivity contribution in [2.75, 3.05) is 6.61 Å². The predicted octanol–water partition coefficient (Wildman–Crippen LogP) is 3.48. The molecule has 21 heavy (non-hydrogen) atoms. The summed E-state index contributed by atoms with van der Waals surface area (Å²) < 4.78 is 0. The first kappa shape index (κ1) is 15.7. The fourth-order valence-electron chi connectivity index (χ4n) is 2.27. The van der Waals surface area contributed by atoms with Crippen molar-refractivity contribution in [3.63, 3.8) is 0 Å². The van der Waals surface area contributed by atoms with Crippen LogP contribution in [0.15, 0.2) is 47.8 Å². The van der Waals surface area contributed by atoms with Gasteiger partial charge in [-0.1, -0.05) is 36.4 Å². The van der Waals surface area contributed by atoms with Crippen molar-refractivity contribution in [1.82, 2.24) is 5.32 Å². The molecule has 2 unspecified atom stereocenters. The van der Waals surface area contributed by atoms with Gasteiger partial charge < -0.3 is 10.4 Å². The third-order valence-electron chi connectivity index (χ3n) is 3.53. The largest absolute Gasteiger partial charge is 0.396 e. The minimum atomic E-state index is -0.148. The lowest BCUT2D eigenvalue weighted by atomic mass is 10.0. The fourth-order valence-corrected chi connectivity index (χ4v) is 3.05. The van der Waals surface area contributed by atoms with Gasteiger partial charge in [-0.15, -0.1) is 11.3 Å². The van der Waals surface area contributed by atoms with E-state index in [0.29, 0.717) is 6.42 Å². The summed E-state index contributed by atoms with van der Waals surface area (Å²) in [5.74, 6) is -0.116. The van der Waals surface area contributed by atoms with Crippen LogP contribution in [-0.4, -0.2) is 17.6 Å². The minimum Gasteiger partial charge on any atom is -0.396 e. The summed E-state index contributed by atoms with van der Waals surface area (Å²) in [6, 6.07) is 13.8. The molecule has 0 bridgehead atoms. The fraction of sp³-hybridized carbons (Fsp3) is 0.353. The molecule has 0 saturated heterocycles. The van der Waals surface area contributed by atoms with Gasteiger partial charge in [0.1, 0.15) is 0 Å². The standard InChI is InChI=1S/C17H21NO2S/c1-13(16-10-6-12-21-16)17(20)18-15(9-5-11-19)14-7-3-2-4-8-14/h2-4,6-8,10,12-13,15,19H,5,9,11H2,1H3,(H,18,20). The van der Waals surface area contributed by atoms with Crippen LogP contribution in [0.25, 0.3) is 0 Å². The summed E-state index contributed by atoms with van der Waals surface area (Å²) in [6.07, 6.45) is 1.41. The number of rotatable bonds is 7. The molecule has 1 aromatic carbocycles. The molecule has 0 aliphatic rings. The second kappa shape index (κ2) is 7.96. The Bertz CT molecular complexity index is 539. The first-order chi connectivity index (χ1) is 10.2. The van der Waals surface area contributed by atoms with Gasteiger partial charge in [0.2, 0.25) is 5.91 Å². The molecule has 1 heterocycles. The van der Waals surface area contributed by atoms with Gasteiger partial charge in [0.25, 0.3) is 0 Å². The van der Waals surface area contributed by atoms with Gasteiger partial charge in [0.15, 0.2) is 0 Å². The lowest BCUT2D eigenvalue weighted by molar-refractivity contribution is -0.123. The van der Waals surface area contributed by atoms with Gasteiger partial charge in [-0.25, -0.2) is 0 Å². The normalized spacial score (nSPS) is 13.6. The number of aliphatic hydroxyl groups is 1. The zero-order valence-corrected chi connectivity index (χ0v) is 13.0. The third-order valence-corrected chi connectivity index (χ3v) is 4.59. The van der Waals surface area contributed by atoms with Crippen LogP contribution in [0.3, 0.4) is 0 Å². The van der Waals surface area contributed by atoms with E-state index in [2.05, 4.69) is 5.32 Å². The van der Waals surface area contributed by atoms with Crippen molar-refractivity contribution in [2.45, 2.75) is 31.7 Å². The predicted molar refractivity (Wildman–Crippen MR) is 86.4 cm³/mol. The van der Waals surface area contributed by atoms with Gasteiger partial charge >= 0.3 is 0 Å². The van der Waals surface area contributed by atoms with Gasteiger partial charge in [-0.3, -0.25) is 4.79 Å². The van der Waals surface area contributed by atoms with Crippen LogP contribution >= 0.6 is 11.3 Å². The van der Waals surface area contributed by atoms with E-state index in [4.69, 9.17) is 5.11 Å². The van der Waals surface area contributed by atoms with Crippen LogP contribution in [0.5, 0.6) is 0 Å². The molecule has 2 rings (SSSR count). The molecule has 0 aliphatic heterocycles. The summed E-state index contributed by atoms with van der Waals surface area (Å²) in [4.78, 5) is 13.5. The number of hydrogen-bond donors (Lipinski definition) is 2. The maximum absolute atomic E-state index is 12.4. The molecule has 2 aromatic rings. The van der Waals surface area contributed by atoms with Crippen LogP contribution in [0, 0.1) is 0 Å².